The van der Waals surface area contributed by atoms with E-state index in [9.17, 15) is 0 Å². The van der Waals surface area contributed by atoms with Gasteiger partial charge in [-0.2, -0.15) is 0 Å². The molecule has 13 heavy (non-hydrogen) atoms. The summed E-state index contributed by atoms with van der Waals surface area (Å²) in [5, 5.41) is 1.13. The molecule has 0 atom stereocenters. The smallest absolute Gasteiger partial charge is 0.123 e. The van der Waals surface area contributed by atoms with Gasteiger partial charge in [-0.25, -0.2) is 0 Å². The number of benzene rings is 1. The lowest BCUT2D eigenvalue weighted by Crippen LogP contribution is -1.86. The first kappa shape index (κ1) is 6.83. The van der Waals surface area contributed by atoms with Gasteiger partial charge in [0.15, 0.2) is 0 Å². The molecule has 2 heterocycles. The average Bonchev–Trinajstić information content (AvgIpc) is 2.70. The molecule has 3 nitrogen and oxygen atoms in total. The molecular formula is C10H10N2O. The van der Waals surface area contributed by atoms with Crippen LogP contribution in [0.3, 0.4) is 0 Å². The molecule has 2 aromatic rings. The van der Waals surface area contributed by atoms with E-state index in [1.165, 1.54) is 5.56 Å². The van der Waals surface area contributed by atoms with Crippen molar-refractivity contribution in [2.75, 3.05) is 12.3 Å². The second-order valence-electron chi connectivity index (χ2n) is 3.31. The number of aromatic amines is 1. The van der Waals surface area contributed by atoms with Gasteiger partial charge < -0.3 is 15.5 Å². The number of H-pyrrole nitrogens is 1. The van der Waals surface area contributed by atoms with E-state index in [1.54, 1.807) is 0 Å². The van der Waals surface area contributed by atoms with Crippen molar-refractivity contribution in [3.63, 3.8) is 0 Å². The van der Waals surface area contributed by atoms with Crippen molar-refractivity contribution >= 4 is 16.6 Å². The molecule has 0 radical (unpaired) electrons. The minimum atomic E-state index is 0.777. The zero-order chi connectivity index (χ0) is 8.84. The van der Waals surface area contributed by atoms with E-state index in [0.29, 0.717) is 0 Å². The summed E-state index contributed by atoms with van der Waals surface area (Å²) in [6.45, 7) is 0.777. The van der Waals surface area contributed by atoms with Gasteiger partial charge in [0.25, 0.3) is 0 Å². The van der Waals surface area contributed by atoms with Crippen LogP contribution in [0, 0.1) is 0 Å². The Bertz CT molecular complexity index is 473. The van der Waals surface area contributed by atoms with Crippen molar-refractivity contribution in [3.8, 4) is 5.75 Å². The van der Waals surface area contributed by atoms with Crippen LogP contribution in [0.15, 0.2) is 18.3 Å². The minimum Gasteiger partial charge on any atom is -0.493 e. The average molecular weight is 174 g/mol. The van der Waals surface area contributed by atoms with Crippen LogP contribution in [0.4, 0.5) is 5.69 Å². The van der Waals surface area contributed by atoms with E-state index < -0.39 is 0 Å². The number of hydrogen-bond donors (Lipinski definition) is 2. The van der Waals surface area contributed by atoms with Crippen molar-refractivity contribution in [2.24, 2.45) is 0 Å². The molecule has 3 heteroatoms. The van der Waals surface area contributed by atoms with E-state index >= 15 is 0 Å². The third-order valence-electron chi connectivity index (χ3n) is 2.55. The Morgan fingerprint density at radius 3 is 3.23 bits per heavy atom. The summed E-state index contributed by atoms with van der Waals surface area (Å²) in [6.07, 6.45) is 2.80. The van der Waals surface area contributed by atoms with Crippen molar-refractivity contribution in [1.29, 1.82) is 0 Å². The number of fused-ring (bicyclic) bond motifs is 3. The Morgan fingerprint density at radius 1 is 1.38 bits per heavy atom. The first-order valence-electron chi connectivity index (χ1n) is 4.37. The quantitative estimate of drug-likeness (QED) is 0.638. The first-order chi connectivity index (χ1) is 6.36. The summed E-state index contributed by atoms with van der Waals surface area (Å²) in [7, 11) is 0. The van der Waals surface area contributed by atoms with Crippen LogP contribution in [-0.4, -0.2) is 11.6 Å². The molecule has 0 aliphatic carbocycles. The van der Waals surface area contributed by atoms with E-state index in [0.717, 1.165) is 35.4 Å². The number of nitrogens with two attached hydrogens (primary N) is 1. The Hall–Kier alpha value is -1.64. The number of nitrogen functional groups attached to an aromatic ring is 1. The van der Waals surface area contributed by atoms with Gasteiger partial charge in [-0.1, -0.05) is 0 Å². The van der Waals surface area contributed by atoms with Gasteiger partial charge >= 0.3 is 0 Å². The number of aromatic nitrogens is 1. The number of ether oxygens (including phenoxy) is 1. The van der Waals surface area contributed by atoms with Gasteiger partial charge in [0.05, 0.1) is 12.3 Å². The van der Waals surface area contributed by atoms with Crippen LogP contribution in [0.1, 0.15) is 5.56 Å². The molecule has 0 unspecified atom stereocenters. The Labute approximate surface area is 75.5 Å². The predicted molar refractivity (Wildman–Crippen MR) is 51.9 cm³/mol. The molecule has 0 saturated heterocycles. The lowest BCUT2D eigenvalue weighted by atomic mass is 10.1. The number of hydrogen-bond acceptors (Lipinski definition) is 2. The maximum absolute atomic E-state index is 5.86. The third-order valence-corrected chi connectivity index (χ3v) is 2.55. The topological polar surface area (TPSA) is 51.0 Å². The monoisotopic (exact) mass is 174 g/mol. The summed E-state index contributed by atoms with van der Waals surface area (Å²) in [6, 6.07) is 4.01. The molecule has 0 spiro atoms. The SMILES string of the molecule is Nc1c[nH]c2ccc3c(c12)CCO3. The second-order valence-corrected chi connectivity index (χ2v) is 3.31. The normalized spacial score (nSPS) is 14.5. The molecule has 3 N–H and O–H groups in total. The minimum absolute atomic E-state index is 0.777. The highest BCUT2D eigenvalue weighted by molar-refractivity contribution is 5.95. The van der Waals surface area contributed by atoms with Crippen LogP contribution in [-0.2, 0) is 6.42 Å². The predicted octanol–water partition coefficient (Wildman–Crippen LogP) is 1.69. The molecule has 1 aliphatic heterocycles. The summed E-state index contributed by atoms with van der Waals surface area (Å²) in [5.74, 6) is 0.985. The Morgan fingerprint density at radius 2 is 2.31 bits per heavy atom. The highest BCUT2D eigenvalue weighted by Gasteiger charge is 2.17. The maximum Gasteiger partial charge on any atom is 0.123 e. The zero-order valence-corrected chi connectivity index (χ0v) is 7.13. The van der Waals surface area contributed by atoms with Gasteiger partial charge in [0.1, 0.15) is 5.75 Å². The van der Waals surface area contributed by atoms with Gasteiger partial charge in [-0.3, -0.25) is 0 Å². The third kappa shape index (κ3) is 0.786. The van der Waals surface area contributed by atoms with Crippen LogP contribution in [0.2, 0.25) is 0 Å². The summed E-state index contributed by atoms with van der Waals surface area (Å²) < 4.78 is 5.46. The van der Waals surface area contributed by atoms with Crippen LogP contribution < -0.4 is 10.5 Å². The highest BCUT2D eigenvalue weighted by Crippen LogP contribution is 2.35. The molecule has 1 aromatic carbocycles. The molecule has 0 bridgehead atoms. The summed E-state index contributed by atoms with van der Waals surface area (Å²) in [4.78, 5) is 3.14. The fourth-order valence-electron chi connectivity index (χ4n) is 1.95. The fraction of sp³-hybridized carbons (Fsp3) is 0.200. The molecular weight excluding hydrogens is 164 g/mol. The fourth-order valence-corrected chi connectivity index (χ4v) is 1.95. The molecule has 1 aliphatic rings. The lowest BCUT2D eigenvalue weighted by molar-refractivity contribution is 0.357. The van der Waals surface area contributed by atoms with E-state index in [2.05, 4.69) is 4.98 Å². The Balaban J connectivity index is 2.47. The van der Waals surface area contributed by atoms with Gasteiger partial charge in [0, 0.05) is 29.1 Å². The molecule has 0 fully saturated rings. The van der Waals surface area contributed by atoms with Gasteiger partial charge in [0.2, 0.25) is 0 Å². The van der Waals surface area contributed by atoms with Crippen molar-refractivity contribution in [1.82, 2.24) is 4.98 Å². The van der Waals surface area contributed by atoms with E-state index in [-0.39, 0.29) is 0 Å². The lowest BCUT2D eigenvalue weighted by Gasteiger charge is -1.99. The van der Waals surface area contributed by atoms with Crippen molar-refractivity contribution < 1.29 is 4.74 Å². The Kier molecular flexibility index (Phi) is 1.15. The molecule has 3 rings (SSSR count). The molecule has 0 amide bonds. The number of anilines is 1. The van der Waals surface area contributed by atoms with Crippen molar-refractivity contribution in [2.45, 2.75) is 6.42 Å². The molecule has 66 valence electrons. The van der Waals surface area contributed by atoms with Crippen LogP contribution >= 0.6 is 0 Å². The van der Waals surface area contributed by atoms with E-state index in [1.807, 2.05) is 18.3 Å². The van der Waals surface area contributed by atoms with Crippen LogP contribution in [0.5, 0.6) is 5.75 Å². The van der Waals surface area contributed by atoms with Crippen LogP contribution in [0.25, 0.3) is 10.9 Å². The number of nitrogens with one attached hydrogen (secondary N) is 1. The second kappa shape index (κ2) is 2.19. The standard InChI is InChI=1S/C10H10N2O/c11-7-5-12-8-1-2-9-6(10(7)8)3-4-13-9/h1-2,5,12H,3-4,11H2. The van der Waals surface area contributed by atoms with Gasteiger partial charge in [-0.15, -0.1) is 0 Å². The zero-order valence-electron chi connectivity index (χ0n) is 7.13. The largest absolute Gasteiger partial charge is 0.493 e. The summed E-state index contributed by atoms with van der Waals surface area (Å²) in [5.41, 5.74) is 9.02. The molecule has 1 aromatic heterocycles. The molecule has 0 saturated carbocycles. The van der Waals surface area contributed by atoms with Gasteiger partial charge in [-0.05, 0) is 12.1 Å². The maximum atomic E-state index is 5.86. The number of rotatable bonds is 0. The first-order valence-corrected chi connectivity index (χ1v) is 4.37. The van der Waals surface area contributed by atoms with Crippen molar-refractivity contribution in [3.05, 3.63) is 23.9 Å². The summed E-state index contributed by atoms with van der Waals surface area (Å²) >= 11 is 0. The highest BCUT2D eigenvalue weighted by atomic mass is 16.5. The van der Waals surface area contributed by atoms with E-state index in [4.69, 9.17) is 10.5 Å².